The van der Waals surface area contributed by atoms with Crippen molar-refractivity contribution in [3.05, 3.63) is 0 Å². The summed E-state index contributed by atoms with van der Waals surface area (Å²) in [6.45, 7) is 4.49. The van der Waals surface area contributed by atoms with Crippen LogP contribution in [0.5, 0.6) is 0 Å². The van der Waals surface area contributed by atoms with Crippen LogP contribution in [0.3, 0.4) is 0 Å². The number of fused-ring (bicyclic) bond motifs is 2. The van der Waals surface area contributed by atoms with Gasteiger partial charge in [0.1, 0.15) is 5.78 Å². The van der Waals surface area contributed by atoms with Gasteiger partial charge in [-0.1, -0.05) is 6.92 Å². The van der Waals surface area contributed by atoms with Crippen LogP contribution < -0.4 is 0 Å². The molecule has 3 saturated carbocycles. The maximum Gasteiger partial charge on any atom is 0.137 e. The maximum atomic E-state index is 12.7. The number of likely N-dealkylation sites (tertiary alicyclic amines) is 1. The van der Waals surface area contributed by atoms with Gasteiger partial charge in [0, 0.05) is 24.3 Å². The summed E-state index contributed by atoms with van der Waals surface area (Å²) < 4.78 is 0. The SMILES string of the molecule is C[C@@H]1C[C@H]2CC(=O)[C@@H]3[C@H]4CCN(C)C[C@H]4C[C@]23[C@@H](O)C1. The first-order valence-corrected chi connectivity index (χ1v) is 8.41. The molecule has 3 aliphatic carbocycles. The molecule has 4 aliphatic rings. The first-order valence-electron chi connectivity index (χ1n) is 8.41. The standard InChI is InChI=1S/C17H27NO2/c1-10-5-12-7-14(19)16-13-3-4-18(2)9-11(13)8-17(12,16)15(20)6-10/h10-13,15-16,20H,3-9H2,1-2H3/t10-,11-,12+,13+,15+,16+,17-/m1/s1. The summed E-state index contributed by atoms with van der Waals surface area (Å²) in [4.78, 5) is 15.1. The van der Waals surface area contributed by atoms with Crippen LogP contribution in [-0.4, -0.2) is 42.0 Å². The van der Waals surface area contributed by atoms with Gasteiger partial charge in [-0.05, 0) is 62.9 Å². The Hall–Kier alpha value is -0.410. The van der Waals surface area contributed by atoms with Crippen LogP contribution in [0.15, 0.2) is 0 Å². The summed E-state index contributed by atoms with van der Waals surface area (Å²) in [5.41, 5.74) is -0.0376. The number of aliphatic hydroxyl groups excluding tert-OH is 1. The Morgan fingerprint density at radius 3 is 2.95 bits per heavy atom. The Balaban J connectivity index is 1.72. The van der Waals surface area contributed by atoms with E-state index in [9.17, 15) is 9.90 Å². The van der Waals surface area contributed by atoms with Crippen molar-refractivity contribution < 1.29 is 9.90 Å². The van der Waals surface area contributed by atoms with Crippen molar-refractivity contribution in [1.82, 2.24) is 4.90 Å². The topological polar surface area (TPSA) is 40.5 Å². The lowest BCUT2D eigenvalue weighted by atomic mass is 9.60. The van der Waals surface area contributed by atoms with Crippen molar-refractivity contribution in [1.29, 1.82) is 0 Å². The molecule has 4 fully saturated rings. The van der Waals surface area contributed by atoms with Gasteiger partial charge in [-0.2, -0.15) is 0 Å². The maximum absolute atomic E-state index is 12.7. The van der Waals surface area contributed by atoms with Gasteiger partial charge < -0.3 is 10.0 Å². The molecule has 0 bridgehead atoms. The number of carbonyl (C=O) groups is 1. The molecule has 0 amide bonds. The Morgan fingerprint density at radius 1 is 1.35 bits per heavy atom. The second-order valence-electron chi connectivity index (χ2n) is 8.23. The molecule has 1 aliphatic heterocycles. The molecule has 112 valence electrons. The third kappa shape index (κ3) is 1.57. The quantitative estimate of drug-likeness (QED) is 0.735. The van der Waals surface area contributed by atoms with Crippen molar-refractivity contribution in [2.75, 3.05) is 20.1 Å². The van der Waals surface area contributed by atoms with Crippen molar-refractivity contribution in [3.63, 3.8) is 0 Å². The van der Waals surface area contributed by atoms with Crippen LogP contribution in [-0.2, 0) is 4.79 Å². The molecule has 0 aromatic carbocycles. The highest BCUT2D eigenvalue weighted by Crippen LogP contribution is 2.67. The Bertz CT molecular complexity index is 437. The first-order chi connectivity index (χ1) is 9.52. The highest BCUT2D eigenvalue weighted by Gasteiger charge is 2.67. The van der Waals surface area contributed by atoms with E-state index in [4.69, 9.17) is 0 Å². The lowest BCUT2D eigenvalue weighted by Crippen LogP contribution is -2.47. The van der Waals surface area contributed by atoms with Gasteiger partial charge in [0.2, 0.25) is 0 Å². The number of hydrogen-bond donors (Lipinski definition) is 1. The molecule has 3 nitrogen and oxygen atoms in total. The van der Waals surface area contributed by atoms with Gasteiger partial charge in [-0.25, -0.2) is 0 Å². The zero-order chi connectivity index (χ0) is 14.1. The minimum Gasteiger partial charge on any atom is -0.393 e. The van der Waals surface area contributed by atoms with E-state index in [0.29, 0.717) is 29.5 Å². The fraction of sp³-hybridized carbons (Fsp3) is 0.941. The average molecular weight is 277 g/mol. The molecule has 3 heteroatoms. The number of ketones is 1. The molecule has 4 rings (SSSR count). The van der Waals surface area contributed by atoms with Gasteiger partial charge >= 0.3 is 0 Å². The zero-order valence-corrected chi connectivity index (χ0v) is 12.7. The fourth-order valence-electron chi connectivity index (χ4n) is 6.49. The molecular weight excluding hydrogens is 250 g/mol. The van der Waals surface area contributed by atoms with Crippen molar-refractivity contribution in [2.45, 2.75) is 45.1 Å². The average Bonchev–Trinajstić information content (AvgIpc) is 2.83. The molecule has 1 saturated heterocycles. The highest BCUT2D eigenvalue weighted by atomic mass is 16.3. The van der Waals surface area contributed by atoms with E-state index in [1.54, 1.807) is 0 Å². The summed E-state index contributed by atoms with van der Waals surface area (Å²) in [7, 11) is 2.20. The number of nitrogens with zero attached hydrogens (tertiary/aromatic N) is 1. The van der Waals surface area contributed by atoms with E-state index in [1.807, 2.05) is 0 Å². The van der Waals surface area contributed by atoms with Crippen molar-refractivity contribution in [2.24, 2.45) is 35.0 Å². The summed E-state index contributed by atoms with van der Waals surface area (Å²) >= 11 is 0. The Morgan fingerprint density at radius 2 is 2.15 bits per heavy atom. The van der Waals surface area contributed by atoms with Crippen LogP contribution in [0.25, 0.3) is 0 Å². The van der Waals surface area contributed by atoms with Crippen LogP contribution in [0.2, 0.25) is 0 Å². The van der Waals surface area contributed by atoms with Crippen molar-refractivity contribution >= 4 is 5.78 Å². The van der Waals surface area contributed by atoms with Crippen LogP contribution in [0.1, 0.15) is 39.0 Å². The van der Waals surface area contributed by atoms with Crippen LogP contribution in [0, 0.1) is 35.0 Å². The molecule has 7 atom stereocenters. The molecule has 0 aromatic rings. The molecular formula is C17H27NO2. The summed E-state index contributed by atoms with van der Waals surface area (Å²) in [6.07, 6.45) is 4.86. The van der Waals surface area contributed by atoms with E-state index < -0.39 is 0 Å². The minimum absolute atomic E-state index is 0.0376. The van der Waals surface area contributed by atoms with E-state index in [-0.39, 0.29) is 17.4 Å². The molecule has 1 spiro atoms. The number of hydrogen-bond acceptors (Lipinski definition) is 3. The number of piperidine rings is 1. The van der Waals surface area contributed by atoms with Gasteiger partial charge in [0.05, 0.1) is 6.10 Å². The molecule has 1 heterocycles. The van der Waals surface area contributed by atoms with Crippen LogP contribution in [0.4, 0.5) is 0 Å². The van der Waals surface area contributed by atoms with E-state index in [2.05, 4.69) is 18.9 Å². The fourth-order valence-corrected chi connectivity index (χ4v) is 6.49. The van der Waals surface area contributed by atoms with E-state index >= 15 is 0 Å². The van der Waals surface area contributed by atoms with Gasteiger partial charge in [0.15, 0.2) is 0 Å². The number of carbonyl (C=O) groups excluding carboxylic acids is 1. The normalized spacial score (nSPS) is 55.5. The van der Waals surface area contributed by atoms with Gasteiger partial charge in [-0.15, -0.1) is 0 Å². The summed E-state index contributed by atoms with van der Waals surface area (Å²) in [6, 6.07) is 0. The predicted molar refractivity (Wildman–Crippen MR) is 77.2 cm³/mol. The van der Waals surface area contributed by atoms with E-state index in [1.165, 1.54) is 0 Å². The third-order valence-corrected chi connectivity index (χ3v) is 7.11. The highest BCUT2D eigenvalue weighted by molar-refractivity contribution is 5.86. The monoisotopic (exact) mass is 277 g/mol. The molecule has 0 radical (unpaired) electrons. The smallest absolute Gasteiger partial charge is 0.137 e. The molecule has 20 heavy (non-hydrogen) atoms. The molecule has 0 unspecified atom stereocenters. The lowest BCUT2D eigenvalue weighted by molar-refractivity contribution is -0.126. The van der Waals surface area contributed by atoms with Gasteiger partial charge in [0.25, 0.3) is 0 Å². The number of aliphatic hydroxyl groups is 1. The Kier molecular flexibility index (Phi) is 2.85. The van der Waals surface area contributed by atoms with E-state index in [0.717, 1.165) is 45.2 Å². The van der Waals surface area contributed by atoms with Crippen molar-refractivity contribution in [3.8, 4) is 0 Å². The second kappa shape index (κ2) is 4.30. The second-order valence-corrected chi connectivity index (χ2v) is 8.23. The molecule has 1 N–H and O–H groups in total. The molecule has 0 aromatic heterocycles. The summed E-state index contributed by atoms with van der Waals surface area (Å²) in [5, 5.41) is 10.9. The first kappa shape index (κ1) is 13.3. The predicted octanol–water partition coefficient (Wildman–Crippen LogP) is 1.94. The summed E-state index contributed by atoms with van der Waals surface area (Å²) in [5.74, 6) is 2.93. The number of Topliss-reactive ketones (excluding diaryl/α,β-unsaturated/α-hetero) is 1. The largest absolute Gasteiger partial charge is 0.393 e. The van der Waals surface area contributed by atoms with Gasteiger partial charge in [-0.3, -0.25) is 4.79 Å². The Labute approximate surface area is 121 Å². The minimum atomic E-state index is -0.233. The zero-order valence-electron chi connectivity index (χ0n) is 12.7. The number of rotatable bonds is 0. The van der Waals surface area contributed by atoms with Crippen LogP contribution >= 0.6 is 0 Å². The lowest BCUT2D eigenvalue weighted by Gasteiger charge is -2.46. The third-order valence-electron chi connectivity index (χ3n) is 7.11.